The van der Waals surface area contributed by atoms with E-state index in [1.165, 1.54) is 0 Å². The van der Waals surface area contributed by atoms with Crippen molar-refractivity contribution in [1.82, 2.24) is 14.7 Å². The van der Waals surface area contributed by atoms with Crippen LogP contribution in [0.25, 0.3) is 0 Å². The Morgan fingerprint density at radius 2 is 2.10 bits per heavy atom. The van der Waals surface area contributed by atoms with Crippen LogP contribution in [0.3, 0.4) is 0 Å². The molecule has 0 aliphatic carbocycles. The monoisotopic (exact) mass is 290 g/mol. The molecule has 1 aromatic heterocycles. The summed E-state index contributed by atoms with van der Waals surface area (Å²) in [6.45, 7) is 10.5. The summed E-state index contributed by atoms with van der Waals surface area (Å²) >= 11 is 0. The Morgan fingerprint density at radius 3 is 2.62 bits per heavy atom. The Labute approximate surface area is 125 Å². The summed E-state index contributed by atoms with van der Waals surface area (Å²) in [4.78, 5) is 13.8. The summed E-state index contributed by atoms with van der Waals surface area (Å²) in [6.07, 6.45) is 0.317. The zero-order valence-electron chi connectivity index (χ0n) is 13.3. The van der Waals surface area contributed by atoms with Crippen molar-refractivity contribution in [3.8, 4) is 6.07 Å². The molecule has 1 aliphatic rings. The van der Waals surface area contributed by atoms with Crippen molar-refractivity contribution >= 4 is 6.09 Å². The first-order chi connectivity index (χ1) is 9.73. The molecule has 0 aromatic carbocycles. The van der Waals surface area contributed by atoms with Crippen molar-refractivity contribution in [3.05, 3.63) is 17.0 Å². The van der Waals surface area contributed by atoms with Crippen LogP contribution in [0, 0.1) is 11.3 Å². The van der Waals surface area contributed by atoms with Gasteiger partial charge in [-0.15, -0.1) is 0 Å². The molecular weight excluding hydrogens is 268 g/mol. The van der Waals surface area contributed by atoms with E-state index in [-0.39, 0.29) is 12.1 Å². The lowest BCUT2D eigenvalue weighted by Gasteiger charge is -2.29. The third kappa shape index (κ3) is 3.18. The van der Waals surface area contributed by atoms with Crippen molar-refractivity contribution in [2.24, 2.45) is 0 Å². The van der Waals surface area contributed by atoms with E-state index < -0.39 is 5.60 Å². The summed E-state index contributed by atoms with van der Waals surface area (Å²) in [5, 5.41) is 13.9. The molecule has 2 heterocycles. The van der Waals surface area contributed by atoms with Crippen molar-refractivity contribution in [2.75, 3.05) is 6.54 Å². The fraction of sp³-hybridized carbons (Fsp3) is 0.667. The third-order valence-electron chi connectivity index (χ3n) is 3.31. The molecule has 1 aromatic rings. The van der Waals surface area contributed by atoms with Gasteiger partial charge in [0.05, 0.1) is 12.2 Å². The highest BCUT2D eigenvalue weighted by Crippen LogP contribution is 2.25. The van der Waals surface area contributed by atoms with Crippen LogP contribution in [0.2, 0.25) is 0 Å². The molecule has 2 rings (SSSR count). The standard InChI is InChI=1S/C15H22N4O2/c1-10(2)19-13(8-16)11-9-18(7-6-12(11)17-19)14(20)21-15(3,4)5/h10H,6-7,9H2,1-5H3. The highest BCUT2D eigenvalue weighted by Gasteiger charge is 2.30. The highest BCUT2D eigenvalue weighted by atomic mass is 16.6. The van der Waals surface area contributed by atoms with E-state index >= 15 is 0 Å². The van der Waals surface area contributed by atoms with Gasteiger partial charge < -0.3 is 9.64 Å². The van der Waals surface area contributed by atoms with E-state index in [9.17, 15) is 10.1 Å². The minimum atomic E-state index is -0.516. The molecule has 21 heavy (non-hydrogen) atoms. The number of fused-ring (bicyclic) bond motifs is 1. The van der Waals surface area contributed by atoms with E-state index in [1.807, 2.05) is 34.6 Å². The van der Waals surface area contributed by atoms with Gasteiger partial charge in [-0.1, -0.05) is 0 Å². The SMILES string of the molecule is CC(C)n1nc2c(c1C#N)CN(C(=O)OC(C)(C)C)CC2. The first kappa shape index (κ1) is 15.4. The van der Waals surface area contributed by atoms with Gasteiger partial charge in [0.2, 0.25) is 0 Å². The number of hydrogen-bond donors (Lipinski definition) is 0. The van der Waals surface area contributed by atoms with E-state index in [1.54, 1.807) is 9.58 Å². The zero-order chi connectivity index (χ0) is 15.8. The van der Waals surface area contributed by atoms with Gasteiger partial charge in [0, 0.05) is 24.6 Å². The second-order valence-corrected chi connectivity index (χ2v) is 6.58. The Kier molecular flexibility index (Phi) is 3.95. The summed E-state index contributed by atoms with van der Waals surface area (Å²) < 4.78 is 7.14. The van der Waals surface area contributed by atoms with Crippen LogP contribution < -0.4 is 0 Å². The van der Waals surface area contributed by atoms with Crippen LogP contribution in [-0.4, -0.2) is 32.9 Å². The number of carbonyl (C=O) groups is 1. The van der Waals surface area contributed by atoms with Crippen LogP contribution in [-0.2, 0) is 17.7 Å². The maximum atomic E-state index is 12.2. The van der Waals surface area contributed by atoms with Gasteiger partial charge in [-0.3, -0.25) is 4.68 Å². The highest BCUT2D eigenvalue weighted by molar-refractivity contribution is 5.68. The minimum absolute atomic E-state index is 0.125. The van der Waals surface area contributed by atoms with Gasteiger partial charge in [-0.2, -0.15) is 10.4 Å². The van der Waals surface area contributed by atoms with Crippen molar-refractivity contribution in [1.29, 1.82) is 5.26 Å². The molecule has 0 fully saturated rings. The second kappa shape index (κ2) is 5.40. The van der Waals surface area contributed by atoms with Gasteiger partial charge in [0.25, 0.3) is 0 Å². The van der Waals surface area contributed by atoms with Gasteiger partial charge in [-0.25, -0.2) is 4.79 Å². The van der Waals surface area contributed by atoms with E-state index in [2.05, 4.69) is 11.2 Å². The molecule has 0 saturated carbocycles. The number of ether oxygens (including phenoxy) is 1. The smallest absolute Gasteiger partial charge is 0.410 e. The van der Waals surface area contributed by atoms with Crippen LogP contribution in [0.5, 0.6) is 0 Å². The molecule has 1 amide bonds. The van der Waals surface area contributed by atoms with Crippen molar-refractivity contribution in [2.45, 2.75) is 59.2 Å². The fourth-order valence-corrected chi connectivity index (χ4v) is 2.37. The average molecular weight is 290 g/mol. The molecule has 6 heteroatoms. The van der Waals surface area contributed by atoms with Gasteiger partial charge in [0.1, 0.15) is 17.4 Å². The Hall–Kier alpha value is -2.03. The number of hydrogen-bond acceptors (Lipinski definition) is 4. The fourth-order valence-electron chi connectivity index (χ4n) is 2.37. The zero-order valence-corrected chi connectivity index (χ0v) is 13.3. The summed E-state index contributed by atoms with van der Waals surface area (Å²) in [6, 6.07) is 2.34. The molecule has 114 valence electrons. The Morgan fingerprint density at radius 1 is 1.43 bits per heavy atom. The Balaban J connectivity index is 2.24. The molecule has 0 saturated heterocycles. The number of nitriles is 1. The van der Waals surface area contributed by atoms with E-state index in [0.717, 1.165) is 11.3 Å². The number of rotatable bonds is 1. The van der Waals surface area contributed by atoms with Crippen molar-refractivity contribution < 1.29 is 9.53 Å². The van der Waals surface area contributed by atoms with Gasteiger partial charge in [0.15, 0.2) is 0 Å². The minimum Gasteiger partial charge on any atom is -0.444 e. The first-order valence-electron chi connectivity index (χ1n) is 7.21. The van der Waals surface area contributed by atoms with Gasteiger partial charge in [-0.05, 0) is 34.6 Å². The van der Waals surface area contributed by atoms with Crippen LogP contribution in [0.4, 0.5) is 4.79 Å². The Bertz CT molecular complexity index is 590. The van der Waals surface area contributed by atoms with E-state index in [4.69, 9.17) is 4.74 Å². The quantitative estimate of drug-likeness (QED) is 0.797. The number of nitrogens with zero attached hydrogens (tertiary/aromatic N) is 4. The van der Waals surface area contributed by atoms with E-state index in [0.29, 0.717) is 25.2 Å². The predicted octanol–water partition coefficient (Wildman–Crippen LogP) is 2.63. The maximum Gasteiger partial charge on any atom is 0.410 e. The maximum absolute atomic E-state index is 12.2. The van der Waals surface area contributed by atoms with Gasteiger partial charge >= 0.3 is 6.09 Å². The van der Waals surface area contributed by atoms with Crippen LogP contribution >= 0.6 is 0 Å². The molecular formula is C15H22N4O2. The average Bonchev–Trinajstić information content (AvgIpc) is 2.74. The topological polar surface area (TPSA) is 71.2 Å². The molecule has 0 unspecified atom stereocenters. The number of aromatic nitrogens is 2. The second-order valence-electron chi connectivity index (χ2n) is 6.58. The lowest BCUT2D eigenvalue weighted by atomic mass is 10.1. The molecule has 6 nitrogen and oxygen atoms in total. The number of carbonyl (C=O) groups excluding carboxylic acids is 1. The molecule has 0 bridgehead atoms. The summed E-state index contributed by atoms with van der Waals surface area (Å²) in [5.41, 5.74) is 1.80. The molecule has 0 radical (unpaired) electrons. The third-order valence-corrected chi connectivity index (χ3v) is 3.31. The molecule has 0 atom stereocenters. The molecule has 0 N–H and O–H groups in total. The predicted molar refractivity (Wildman–Crippen MR) is 77.7 cm³/mol. The molecule has 0 spiro atoms. The van der Waals surface area contributed by atoms with Crippen LogP contribution in [0.1, 0.15) is 57.6 Å². The normalized spacial score (nSPS) is 14.8. The van der Waals surface area contributed by atoms with Crippen molar-refractivity contribution in [3.63, 3.8) is 0 Å². The summed E-state index contributed by atoms with van der Waals surface area (Å²) in [7, 11) is 0. The summed E-state index contributed by atoms with van der Waals surface area (Å²) in [5.74, 6) is 0. The molecule has 1 aliphatic heterocycles. The first-order valence-corrected chi connectivity index (χ1v) is 7.21. The lowest BCUT2D eigenvalue weighted by molar-refractivity contribution is 0.0223. The number of amides is 1. The largest absolute Gasteiger partial charge is 0.444 e. The lowest BCUT2D eigenvalue weighted by Crippen LogP contribution is -2.39. The van der Waals surface area contributed by atoms with Crippen LogP contribution in [0.15, 0.2) is 0 Å².